The highest BCUT2D eigenvalue weighted by atomic mass is 19.2. The van der Waals surface area contributed by atoms with Crippen molar-refractivity contribution in [3.8, 4) is 0 Å². The van der Waals surface area contributed by atoms with Gasteiger partial charge in [0.05, 0.1) is 11.7 Å². The zero-order chi connectivity index (χ0) is 13.6. The largest absolute Gasteiger partial charge is 0.308 e. The van der Waals surface area contributed by atoms with E-state index >= 15 is 0 Å². The first kappa shape index (κ1) is 12.5. The molecule has 1 N–H and O–H groups in total. The topological polar surface area (TPSA) is 32.3 Å². The molecule has 0 aromatic heterocycles. The van der Waals surface area contributed by atoms with Gasteiger partial charge in [-0.3, -0.25) is 4.79 Å². The van der Waals surface area contributed by atoms with E-state index in [1.54, 1.807) is 0 Å². The van der Waals surface area contributed by atoms with Crippen molar-refractivity contribution in [2.45, 2.75) is 31.3 Å². The van der Waals surface area contributed by atoms with Gasteiger partial charge in [0.2, 0.25) is 5.91 Å². The van der Waals surface area contributed by atoms with Gasteiger partial charge >= 0.3 is 0 Å². The summed E-state index contributed by atoms with van der Waals surface area (Å²) in [6.45, 7) is 0.311. The van der Waals surface area contributed by atoms with Crippen LogP contribution in [0.25, 0.3) is 0 Å². The molecule has 0 radical (unpaired) electrons. The number of benzene rings is 1. The van der Waals surface area contributed by atoms with Crippen LogP contribution < -0.4 is 10.2 Å². The number of carbonyl (C=O) groups excluding carboxylic acids is 1. The molecule has 1 amide bonds. The number of carbonyl (C=O) groups is 1. The summed E-state index contributed by atoms with van der Waals surface area (Å²) in [5, 5.41) is 3.17. The van der Waals surface area contributed by atoms with Gasteiger partial charge < -0.3 is 10.2 Å². The average molecular weight is 270 g/mol. The number of amides is 1. The minimum atomic E-state index is -1.25. The van der Waals surface area contributed by atoms with Gasteiger partial charge in [0.25, 0.3) is 0 Å². The Balaban J connectivity index is 1.82. The predicted molar refractivity (Wildman–Crippen MR) is 63.2 cm³/mol. The fraction of sp³-hybridized carbons (Fsp3) is 0.462. The van der Waals surface area contributed by atoms with Gasteiger partial charge in [-0.25, -0.2) is 13.2 Å². The van der Waals surface area contributed by atoms with Crippen molar-refractivity contribution < 1.29 is 18.0 Å². The van der Waals surface area contributed by atoms with Crippen LogP contribution in [0, 0.1) is 17.5 Å². The molecule has 2 fully saturated rings. The molecule has 1 aromatic rings. The highest BCUT2D eigenvalue weighted by Gasteiger charge is 2.37. The van der Waals surface area contributed by atoms with E-state index in [2.05, 4.69) is 5.32 Å². The second-order valence-electron chi connectivity index (χ2n) is 4.99. The Labute approximate surface area is 108 Å². The molecule has 1 aromatic carbocycles. The minimum absolute atomic E-state index is 0.191. The van der Waals surface area contributed by atoms with E-state index in [1.807, 2.05) is 0 Å². The van der Waals surface area contributed by atoms with Crippen LogP contribution in [0.2, 0.25) is 0 Å². The van der Waals surface area contributed by atoms with Crippen molar-refractivity contribution in [1.29, 1.82) is 0 Å². The highest BCUT2D eigenvalue weighted by Crippen LogP contribution is 2.28. The Morgan fingerprint density at radius 2 is 1.74 bits per heavy atom. The summed E-state index contributed by atoms with van der Waals surface area (Å²) in [7, 11) is 0. The van der Waals surface area contributed by atoms with Gasteiger partial charge in [0.1, 0.15) is 5.82 Å². The van der Waals surface area contributed by atoms with E-state index in [4.69, 9.17) is 0 Å². The molecule has 19 heavy (non-hydrogen) atoms. The number of hydrogen-bond donors (Lipinski definition) is 1. The quantitative estimate of drug-likeness (QED) is 0.852. The molecule has 1 aliphatic heterocycles. The Morgan fingerprint density at radius 1 is 1.05 bits per heavy atom. The average Bonchev–Trinajstić information content (AvgIpc) is 3.10. The maximum absolute atomic E-state index is 13.6. The van der Waals surface area contributed by atoms with Gasteiger partial charge in [0, 0.05) is 24.7 Å². The van der Waals surface area contributed by atoms with Crippen molar-refractivity contribution in [2.24, 2.45) is 0 Å². The van der Waals surface area contributed by atoms with Crippen LogP contribution in [0.15, 0.2) is 12.1 Å². The maximum atomic E-state index is 13.6. The van der Waals surface area contributed by atoms with Crippen LogP contribution in [0.3, 0.4) is 0 Å². The summed E-state index contributed by atoms with van der Waals surface area (Å²) in [6, 6.07) is 1.23. The van der Waals surface area contributed by atoms with E-state index < -0.39 is 17.5 Å². The first-order chi connectivity index (χ1) is 9.06. The molecule has 102 valence electrons. The van der Waals surface area contributed by atoms with Crippen LogP contribution in [-0.2, 0) is 4.79 Å². The van der Waals surface area contributed by atoms with Crippen LogP contribution in [0.1, 0.15) is 19.3 Å². The molecule has 1 atom stereocenters. The molecule has 0 spiro atoms. The molecular formula is C13H13F3N2O. The zero-order valence-electron chi connectivity index (χ0n) is 10.1. The fourth-order valence-corrected chi connectivity index (χ4v) is 2.33. The molecule has 1 heterocycles. The molecule has 1 saturated carbocycles. The number of halogens is 3. The lowest BCUT2D eigenvalue weighted by Gasteiger charge is -2.18. The number of rotatable bonds is 3. The Hall–Kier alpha value is -1.56. The second kappa shape index (κ2) is 4.52. The lowest BCUT2D eigenvalue weighted by atomic mass is 10.2. The first-order valence-electron chi connectivity index (χ1n) is 6.28. The first-order valence-corrected chi connectivity index (χ1v) is 6.28. The molecule has 1 saturated heterocycles. The summed E-state index contributed by atoms with van der Waals surface area (Å²) in [5.74, 6) is -3.60. The maximum Gasteiger partial charge on any atom is 0.244 e. The summed E-state index contributed by atoms with van der Waals surface area (Å²) >= 11 is 0. The lowest BCUT2D eigenvalue weighted by Crippen LogP contribution is -2.39. The third-order valence-corrected chi connectivity index (χ3v) is 3.50. The second-order valence-corrected chi connectivity index (χ2v) is 4.99. The monoisotopic (exact) mass is 270 g/mol. The lowest BCUT2D eigenvalue weighted by molar-refractivity contribution is -0.118. The normalized spacial score (nSPS) is 23.2. The molecule has 0 bridgehead atoms. The summed E-state index contributed by atoms with van der Waals surface area (Å²) in [6.07, 6.45) is 2.64. The van der Waals surface area contributed by atoms with Crippen molar-refractivity contribution in [1.82, 2.24) is 5.32 Å². The van der Waals surface area contributed by atoms with Crippen LogP contribution in [0.5, 0.6) is 0 Å². The van der Waals surface area contributed by atoms with Gasteiger partial charge in [-0.2, -0.15) is 0 Å². The summed E-state index contributed by atoms with van der Waals surface area (Å²) in [5.41, 5.74) is -0.191. The van der Waals surface area contributed by atoms with Crippen LogP contribution in [-0.4, -0.2) is 24.5 Å². The van der Waals surface area contributed by atoms with Gasteiger partial charge in [0.15, 0.2) is 11.6 Å². The molecular weight excluding hydrogens is 257 g/mol. The fourth-order valence-electron chi connectivity index (χ4n) is 2.33. The summed E-state index contributed by atoms with van der Waals surface area (Å²) in [4.78, 5) is 13.3. The third kappa shape index (κ3) is 2.32. The number of nitrogens with one attached hydrogen (secondary N) is 1. The van der Waals surface area contributed by atoms with Crippen molar-refractivity contribution >= 4 is 11.6 Å². The molecule has 3 rings (SSSR count). The molecule has 6 heteroatoms. The highest BCUT2D eigenvalue weighted by molar-refractivity contribution is 5.99. The van der Waals surface area contributed by atoms with Gasteiger partial charge in [-0.1, -0.05) is 0 Å². The molecule has 1 unspecified atom stereocenters. The number of anilines is 1. The molecule has 3 nitrogen and oxygen atoms in total. The smallest absolute Gasteiger partial charge is 0.244 e. The predicted octanol–water partition coefficient (Wildman–Crippen LogP) is 1.96. The van der Waals surface area contributed by atoms with Gasteiger partial charge in [-0.05, 0) is 19.3 Å². The third-order valence-electron chi connectivity index (χ3n) is 3.50. The Bertz CT molecular complexity index is 531. The number of nitrogens with zero attached hydrogens (tertiary/aromatic N) is 1. The van der Waals surface area contributed by atoms with Crippen molar-refractivity contribution in [3.05, 3.63) is 29.6 Å². The molecule has 2 aliphatic rings. The van der Waals surface area contributed by atoms with Crippen molar-refractivity contribution in [3.63, 3.8) is 0 Å². The standard InChI is InChI=1S/C13H13F3N2O/c14-8-5-10(16)12(6-9(8)15)18-4-3-11(13(18)19)17-7-1-2-7/h5-7,11,17H,1-4H2. The van der Waals surface area contributed by atoms with E-state index in [0.29, 0.717) is 25.1 Å². The van der Waals surface area contributed by atoms with E-state index in [1.165, 1.54) is 4.90 Å². The Kier molecular flexibility index (Phi) is 2.97. The van der Waals surface area contributed by atoms with Crippen molar-refractivity contribution in [2.75, 3.05) is 11.4 Å². The number of hydrogen-bond acceptors (Lipinski definition) is 2. The Morgan fingerprint density at radius 3 is 2.42 bits per heavy atom. The van der Waals surface area contributed by atoms with E-state index in [0.717, 1.165) is 18.9 Å². The van der Waals surface area contributed by atoms with E-state index in [9.17, 15) is 18.0 Å². The van der Waals surface area contributed by atoms with Crippen LogP contribution in [0.4, 0.5) is 18.9 Å². The van der Waals surface area contributed by atoms with Gasteiger partial charge in [-0.15, -0.1) is 0 Å². The summed E-state index contributed by atoms with van der Waals surface area (Å²) < 4.78 is 39.7. The van der Waals surface area contributed by atoms with E-state index in [-0.39, 0.29) is 17.6 Å². The SMILES string of the molecule is O=C1C(NC2CC2)CCN1c1cc(F)c(F)cc1F. The van der Waals surface area contributed by atoms with Crippen LogP contribution >= 0.6 is 0 Å². The molecule has 1 aliphatic carbocycles. The zero-order valence-corrected chi connectivity index (χ0v) is 10.1. The minimum Gasteiger partial charge on any atom is -0.308 e.